The van der Waals surface area contributed by atoms with Gasteiger partial charge in [-0.15, -0.1) is 10.2 Å². The number of aliphatic carboxylic acids is 1. The van der Waals surface area contributed by atoms with Gasteiger partial charge in [0.25, 0.3) is 0 Å². The zero-order chi connectivity index (χ0) is 46.6. The summed E-state index contributed by atoms with van der Waals surface area (Å²) in [6.07, 6.45) is 20.5. The molecule has 0 spiro atoms. The fraction of sp³-hybridized carbons (Fsp3) is 0.844. The maximum Gasteiger partial charge on any atom is 0.326 e. The van der Waals surface area contributed by atoms with Gasteiger partial charge in [-0.3, -0.25) is 24.0 Å². The van der Waals surface area contributed by atoms with Crippen LogP contribution in [0.25, 0.3) is 0 Å². The maximum atomic E-state index is 12.1. The minimum absolute atomic E-state index is 0. The van der Waals surface area contributed by atoms with Gasteiger partial charge in [-0.25, -0.2) is 4.79 Å². The van der Waals surface area contributed by atoms with E-state index < -0.39 is 12.0 Å². The first kappa shape index (κ1) is 59.1. The molecular formula is C45H85N7O11. The van der Waals surface area contributed by atoms with Gasteiger partial charge in [0.1, 0.15) is 30.8 Å². The largest absolute Gasteiger partial charge is 0.480 e. The quantitative estimate of drug-likeness (QED) is 0.0481. The van der Waals surface area contributed by atoms with Gasteiger partial charge in [0.05, 0.1) is 19.8 Å². The molecule has 5 N–H and O–H groups in total. The van der Waals surface area contributed by atoms with Gasteiger partial charge in [-0.2, -0.15) is 5.21 Å². The molecule has 2 atom stereocenters. The number of nitrogens with one attached hydrogen (secondary N) is 4. The van der Waals surface area contributed by atoms with Crippen LogP contribution in [0.3, 0.4) is 0 Å². The van der Waals surface area contributed by atoms with Crippen LogP contribution in [0.1, 0.15) is 170 Å². The minimum atomic E-state index is -1.09. The van der Waals surface area contributed by atoms with E-state index in [-0.39, 0.29) is 62.7 Å². The summed E-state index contributed by atoms with van der Waals surface area (Å²) in [6, 6.07) is -1.000. The number of hydrogen-bond donors (Lipinski definition) is 5. The van der Waals surface area contributed by atoms with Gasteiger partial charge in [0.2, 0.25) is 17.7 Å². The average Bonchev–Trinajstić information content (AvgIpc) is 3.79. The lowest BCUT2D eigenvalue weighted by atomic mass is 10.0. The molecule has 18 heteroatoms. The average molecular weight is 900 g/mol. The molecule has 0 bridgehead atoms. The summed E-state index contributed by atoms with van der Waals surface area (Å²) in [5, 5.41) is 31.3. The highest BCUT2D eigenvalue weighted by molar-refractivity contribution is 5.84. The fourth-order valence-corrected chi connectivity index (χ4v) is 6.22. The number of aryl methyl sites for hydroxylation is 1. The molecule has 0 aliphatic heterocycles. The molecule has 0 saturated heterocycles. The summed E-state index contributed by atoms with van der Waals surface area (Å²) >= 11 is 0. The number of tetrazole rings is 1. The zero-order valence-electron chi connectivity index (χ0n) is 39.2. The number of carbonyl (C=O) groups is 6. The van der Waals surface area contributed by atoms with Crippen molar-refractivity contribution in [3.63, 3.8) is 0 Å². The molecule has 1 aromatic heterocycles. The number of ether oxygens (including phenoxy) is 4. The number of unbranched alkanes of at least 4 members (excludes halogenated alkanes) is 13. The highest BCUT2D eigenvalue weighted by Gasteiger charge is 2.20. The van der Waals surface area contributed by atoms with Gasteiger partial charge in [-0.05, 0) is 59.3 Å². The SMILES string of the molecule is CCOCC(=O)NCCOCCOCC(=O)NCCCC[C@H](C)C(C)=O.CCOCCCC(=O)CC[C@H](NC(=O)CCCCCCCCCCCCCCCc1nn[nH]n1)C(=O)O.[HH]. The first-order valence-electron chi connectivity index (χ1n) is 23.6. The second kappa shape index (κ2) is 43.4. The Labute approximate surface area is 378 Å². The molecule has 18 nitrogen and oxygen atoms in total. The van der Waals surface area contributed by atoms with E-state index in [2.05, 4.69) is 36.6 Å². The van der Waals surface area contributed by atoms with E-state index in [1.54, 1.807) is 6.92 Å². The van der Waals surface area contributed by atoms with Crippen molar-refractivity contribution in [2.75, 3.05) is 65.9 Å². The molecule has 1 aromatic rings. The molecule has 0 aliphatic carbocycles. The van der Waals surface area contributed by atoms with Crippen LogP contribution in [0, 0.1) is 5.92 Å². The van der Waals surface area contributed by atoms with Crippen molar-refractivity contribution in [1.29, 1.82) is 0 Å². The Hall–Kier alpha value is -3.87. The smallest absolute Gasteiger partial charge is 0.326 e. The van der Waals surface area contributed by atoms with E-state index in [9.17, 15) is 33.9 Å². The third-order valence-corrected chi connectivity index (χ3v) is 10.2. The molecule has 0 aliphatic rings. The van der Waals surface area contributed by atoms with Crippen LogP contribution < -0.4 is 16.0 Å². The molecule has 0 radical (unpaired) electrons. The van der Waals surface area contributed by atoms with Crippen LogP contribution in [0.5, 0.6) is 0 Å². The lowest BCUT2D eigenvalue weighted by Gasteiger charge is -2.14. The molecule has 0 fully saturated rings. The van der Waals surface area contributed by atoms with Crippen molar-refractivity contribution in [2.45, 2.75) is 175 Å². The van der Waals surface area contributed by atoms with Gasteiger partial charge in [-0.1, -0.05) is 89.2 Å². The molecule has 63 heavy (non-hydrogen) atoms. The maximum absolute atomic E-state index is 12.1. The van der Waals surface area contributed by atoms with Crippen LogP contribution >= 0.6 is 0 Å². The number of ketones is 2. The third-order valence-electron chi connectivity index (χ3n) is 10.2. The predicted octanol–water partition coefficient (Wildman–Crippen LogP) is 5.87. The van der Waals surface area contributed by atoms with Gasteiger partial charge in [0, 0.05) is 65.9 Å². The van der Waals surface area contributed by atoms with E-state index in [4.69, 9.17) is 18.9 Å². The van der Waals surface area contributed by atoms with E-state index in [1.807, 2.05) is 20.8 Å². The van der Waals surface area contributed by atoms with Crippen LogP contribution in [-0.4, -0.2) is 133 Å². The van der Waals surface area contributed by atoms with Crippen LogP contribution in [0.15, 0.2) is 0 Å². The van der Waals surface area contributed by atoms with Crippen molar-refractivity contribution in [1.82, 2.24) is 36.6 Å². The van der Waals surface area contributed by atoms with Crippen LogP contribution in [0.4, 0.5) is 0 Å². The summed E-state index contributed by atoms with van der Waals surface area (Å²) in [6.45, 7) is 11.0. The number of carboxylic acids is 1. The summed E-state index contributed by atoms with van der Waals surface area (Å²) in [5.74, 6) is -0.549. The van der Waals surface area contributed by atoms with E-state index in [1.165, 1.54) is 57.8 Å². The molecule has 0 unspecified atom stereocenters. The number of nitrogens with zero attached hydrogens (tertiary/aromatic N) is 3. The van der Waals surface area contributed by atoms with Crippen LogP contribution in [0.2, 0.25) is 0 Å². The number of rotatable bonds is 43. The van der Waals surface area contributed by atoms with Crippen molar-refractivity contribution >= 4 is 35.3 Å². The highest BCUT2D eigenvalue weighted by Crippen LogP contribution is 2.14. The van der Waals surface area contributed by atoms with Crippen LogP contribution in [-0.2, 0) is 54.1 Å². The van der Waals surface area contributed by atoms with E-state index in [0.717, 1.165) is 57.2 Å². The summed E-state index contributed by atoms with van der Waals surface area (Å²) in [7, 11) is 0. The predicted molar refractivity (Wildman–Crippen MR) is 242 cm³/mol. The summed E-state index contributed by atoms with van der Waals surface area (Å²) in [5.41, 5.74) is 0. The number of amides is 3. The molecule has 0 saturated carbocycles. The molecular weight excluding hydrogens is 815 g/mol. The number of aromatic amines is 1. The Balaban J connectivity index is 0. The fourth-order valence-electron chi connectivity index (χ4n) is 6.22. The Morgan fingerprint density at radius 3 is 1.79 bits per heavy atom. The second-order valence-electron chi connectivity index (χ2n) is 15.8. The number of aromatic nitrogens is 4. The van der Waals surface area contributed by atoms with E-state index >= 15 is 0 Å². The topological polar surface area (TPSA) is 250 Å². The number of carboxylic acid groups (broad SMARTS) is 1. The Morgan fingerprint density at radius 2 is 1.21 bits per heavy atom. The lowest BCUT2D eigenvalue weighted by molar-refractivity contribution is -0.142. The lowest BCUT2D eigenvalue weighted by Crippen LogP contribution is -2.41. The van der Waals surface area contributed by atoms with Gasteiger partial charge in [0.15, 0.2) is 5.82 Å². The first-order chi connectivity index (χ1) is 30.5. The van der Waals surface area contributed by atoms with Gasteiger partial charge >= 0.3 is 5.97 Å². The number of H-pyrrole nitrogens is 1. The van der Waals surface area contributed by atoms with E-state index in [0.29, 0.717) is 72.0 Å². The first-order valence-corrected chi connectivity index (χ1v) is 23.6. The third kappa shape index (κ3) is 40.6. The summed E-state index contributed by atoms with van der Waals surface area (Å²) in [4.78, 5) is 69.3. The zero-order valence-corrected chi connectivity index (χ0v) is 39.2. The van der Waals surface area contributed by atoms with Gasteiger partial charge < -0.3 is 40.0 Å². The number of carbonyl (C=O) groups excluding carboxylic acids is 5. The number of hydrogen-bond acceptors (Lipinski definition) is 13. The Kier molecular flexibility index (Phi) is 40.7. The van der Waals surface area contributed by atoms with Crippen molar-refractivity contribution in [3.8, 4) is 0 Å². The number of Topliss-reactive ketones (excluding diaryl/α,β-unsaturated/α-hetero) is 2. The van der Waals surface area contributed by atoms with Crippen molar-refractivity contribution < 1.29 is 54.2 Å². The highest BCUT2D eigenvalue weighted by atomic mass is 16.5. The molecule has 366 valence electrons. The van der Waals surface area contributed by atoms with Crippen molar-refractivity contribution in [3.05, 3.63) is 5.82 Å². The minimum Gasteiger partial charge on any atom is -0.480 e. The Morgan fingerprint density at radius 1 is 0.619 bits per heavy atom. The molecule has 1 heterocycles. The molecule has 3 amide bonds. The second-order valence-corrected chi connectivity index (χ2v) is 15.8. The monoisotopic (exact) mass is 900 g/mol. The normalized spacial score (nSPS) is 11.9. The molecule has 1 rings (SSSR count). The standard InChI is InChI=1S/C27H49N5O5.C18H34N2O6.H2/c1-2-37-22-16-17-23(33)20-21-24(27(35)36)28-26(34)19-15-13-11-9-7-5-3-4-6-8-10-12-14-18-25-29-31-32-30-25;1-4-24-13-17(22)20-9-10-25-11-12-26-14-18(23)19-8-6-5-7-15(2)16(3)21;/h24H,2-22H2,1H3,(H,28,34)(H,35,36)(H,29,30,31,32);15H,4-14H2,1-3H3,(H,19,23)(H,20,22);1H/t24-;15-;/m00./s1. The van der Waals surface area contributed by atoms with Crippen molar-refractivity contribution in [2.24, 2.45) is 5.92 Å². The Bertz CT molecular complexity index is 1310. The molecule has 0 aromatic carbocycles. The summed E-state index contributed by atoms with van der Waals surface area (Å²) < 4.78 is 20.7.